The van der Waals surface area contributed by atoms with Crippen LogP contribution in [0, 0.1) is 0 Å². The van der Waals surface area contributed by atoms with E-state index in [4.69, 9.17) is 4.84 Å². The van der Waals surface area contributed by atoms with Crippen molar-refractivity contribution >= 4 is 15.7 Å². The van der Waals surface area contributed by atoms with Crippen LogP contribution in [0.2, 0.25) is 0 Å². The summed E-state index contributed by atoms with van der Waals surface area (Å²) < 4.78 is 26.3. The molecule has 0 aromatic heterocycles. The molecule has 0 spiro atoms. The maximum Gasteiger partial charge on any atom is 0.245 e. The summed E-state index contributed by atoms with van der Waals surface area (Å²) in [5.74, 6) is -0.496. The van der Waals surface area contributed by atoms with Crippen LogP contribution in [0.15, 0.2) is 95.9 Å². The van der Waals surface area contributed by atoms with Crippen LogP contribution in [0.4, 0.5) is 0 Å². The molecular weight excluding hydrogens is 374 g/mol. The van der Waals surface area contributed by atoms with Crippen molar-refractivity contribution in [3.63, 3.8) is 0 Å². The van der Waals surface area contributed by atoms with Crippen LogP contribution in [-0.4, -0.2) is 14.3 Å². The number of carbonyl (C=O) groups excluding carboxylic acids is 1. The molecule has 1 amide bonds. The van der Waals surface area contributed by atoms with Crippen LogP contribution in [0.3, 0.4) is 0 Å². The lowest BCUT2D eigenvalue weighted by atomic mass is 10.1. The van der Waals surface area contributed by atoms with E-state index in [0.29, 0.717) is 5.56 Å². The third kappa shape index (κ3) is 5.06. The molecule has 3 aromatic rings. The van der Waals surface area contributed by atoms with E-state index in [9.17, 15) is 13.2 Å². The number of hydrogen-bond donors (Lipinski definition) is 1. The molecule has 1 atom stereocenters. The fourth-order valence-corrected chi connectivity index (χ4v) is 4.58. The number of carbonyl (C=O) groups is 1. The molecule has 1 N–H and O–H groups in total. The zero-order chi connectivity index (χ0) is 19.8. The number of amides is 1. The van der Waals surface area contributed by atoms with E-state index >= 15 is 0 Å². The first-order valence-corrected chi connectivity index (χ1v) is 10.4. The van der Waals surface area contributed by atoms with Crippen LogP contribution >= 0.6 is 0 Å². The molecule has 0 bridgehead atoms. The molecule has 0 fully saturated rings. The zero-order valence-corrected chi connectivity index (χ0v) is 16.0. The van der Waals surface area contributed by atoms with E-state index in [1.54, 1.807) is 48.5 Å². The van der Waals surface area contributed by atoms with Crippen molar-refractivity contribution < 1.29 is 18.0 Å². The average molecular weight is 395 g/mol. The number of nitrogens with one attached hydrogen (secondary N) is 1. The fourth-order valence-electron chi connectivity index (χ4n) is 2.83. The monoisotopic (exact) mass is 395 g/mol. The number of sulfone groups is 1. The van der Waals surface area contributed by atoms with Gasteiger partial charge in [-0.25, -0.2) is 13.9 Å². The van der Waals surface area contributed by atoms with E-state index < -0.39 is 21.0 Å². The SMILES string of the molecule is O=C(CC(c1ccccc1)S(=O)(=O)c1ccccc1)NOCc1ccccc1. The second-order valence-corrected chi connectivity index (χ2v) is 8.39. The Labute approximate surface area is 164 Å². The van der Waals surface area contributed by atoms with Gasteiger partial charge in [0, 0.05) is 6.42 Å². The average Bonchev–Trinajstić information content (AvgIpc) is 2.74. The number of hydrogen-bond acceptors (Lipinski definition) is 4. The largest absolute Gasteiger partial charge is 0.273 e. The molecule has 0 heterocycles. The molecule has 0 radical (unpaired) electrons. The summed E-state index contributed by atoms with van der Waals surface area (Å²) in [7, 11) is -3.74. The Morgan fingerprint density at radius 2 is 1.36 bits per heavy atom. The highest BCUT2D eigenvalue weighted by Crippen LogP contribution is 2.31. The quantitative estimate of drug-likeness (QED) is 0.588. The van der Waals surface area contributed by atoms with Gasteiger partial charge >= 0.3 is 0 Å². The lowest BCUT2D eigenvalue weighted by molar-refractivity contribution is -0.134. The van der Waals surface area contributed by atoms with Crippen LogP contribution in [-0.2, 0) is 26.1 Å². The van der Waals surface area contributed by atoms with Crippen molar-refractivity contribution in [3.8, 4) is 0 Å². The van der Waals surface area contributed by atoms with Crippen molar-refractivity contribution in [1.29, 1.82) is 0 Å². The van der Waals surface area contributed by atoms with Gasteiger partial charge < -0.3 is 0 Å². The van der Waals surface area contributed by atoms with E-state index in [2.05, 4.69) is 5.48 Å². The smallest absolute Gasteiger partial charge is 0.245 e. The standard InChI is InChI=1S/C22H21NO4S/c24-22(23-27-17-18-10-4-1-5-11-18)16-21(19-12-6-2-7-13-19)28(25,26)20-14-8-3-9-15-20/h1-15,21H,16-17H2,(H,23,24). The van der Waals surface area contributed by atoms with Gasteiger partial charge in [0.2, 0.25) is 5.91 Å². The summed E-state index contributed by atoms with van der Waals surface area (Å²) in [4.78, 5) is 17.8. The first-order valence-electron chi connectivity index (χ1n) is 8.86. The van der Waals surface area contributed by atoms with E-state index in [0.717, 1.165) is 5.56 Å². The minimum absolute atomic E-state index is 0.182. The zero-order valence-electron chi connectivity index (χ0n) is 15.2. The molecule has 5 nitrogen and oxygen atoms in total. The highest BCUT2D eigenvalue weighted by Gasteiger charge is 2.31. The molecule has 6 heteroatoms. The highest BCUT2D eigenvalue weighted by molar-refractivity contribution is 7.91. The predicted octanol–water partition coefficient (Wildman–Crippen LogP) is 3.84. The summed E-state index contributed by atoms with van der Waals surface area (Å²) in [5, 5.41) is -1.00. The first-order chi connectivity index (χ1) is 13.6. The minimum atomic E-state index is -3.74. The van der Waals surface area contributed by atoms with Crippen LogP contribution in [0.25, 0.3) is 0 Å². The molecule has 0 aliphatic heterocycles. The molecule has 28 heavy (non-hydrogen) atoms. The molecule has 0 aliphatic carbocycles. The normalized spacial score (nSPS) is 12.3. The molecule has 0 saturated carbocycles. The Bertz CT molecular complexity index is 990. The Hall–Kier alpha value is -2.96. The third-order valence-electron chi connectivity index (χ3n) is 4.26. The van der Waals surface area contributed by atoms with Crippen molar-refractivity contribution in [2.24, 2.45) is 0 Å². The lowest BCUT2D eigenvalue weighted by Gasteiger charge is -2.18. The first kappa shape index (κ1) is 19.8. The Morgan fingerprint density at radius 3 is 1.96 bits per heavy atom. The van der Waals surface area contributed by atoms with Gasteiger partial charge in [-0.15, -0.1) is 0 Å². The van der Waals surface area contributed by atoms with Gasteiger partial charge in [0.15, 0.2) is 9.84 Å². The van der Waals surface area contributed by atoms with Crippen LogP contribution in [0.5, 0.6) is 0 Å². The maximum atomic E-state index is 13.1. The summed E-state index contributed by atoms with van der Waals surface area (Å²) in [6.07, 6.45) is -0.240. The Kier molecular flexibility index (Phi) is 6.57. The second kappa shape index (κ2) is 9.30. The van der Waals surface area contributed by atoms with Gasteiger partial charge in [-0.05, 0) is 23.3 Å². The Balaban J connectivity index is 1.74. The highest BCUT2D eigenvalue weighted by atomic mass is 32.2. The number of rotatable bonds is 8. The second-order valence-electron chi connectivity index (χ2n) is 6.26. The minimum Gasteiger partial charge on any atom is -0.273 e. The van der Waals surface area contributed by atoms with E-state index in [-0.39, 0.29) is 17.9 Å². The van der Waals surface area contributed by atoms with Gasteiger partial charge in [-0.3, -0.25) is 9.63 Å². The van der Waals surface area contributed by atoms with Crippen molar-refractivity contribution in [2.75, 3.05) is 0 Å². The van der Waals surface area contributed by atoms with E-state index in [1.807, 2.05) is 30.3 Å². The van der Waals surface area contributed by atoms with E-state index in [1.165, 1.54) is 12.1 Å². The number of hydroxylamine groups is 1. The maximum absolute atomic E-state index is 13.1. The predicted molar refractivity (Wildman–Crippen MR) is 107 cm³/mol. The third-order valence-corrected chi connectivity index (χ3v) is 6.37. The van der Waals surface area contributed by atoms with Gasteiger partial charge in [-0.1, -0.05) is 78.9 Å². The van der Waals surface area contributed by atoms with Crippen molar-refractivity contribution in [1.82, 2.24) is 5.48 Å². The van der Waals surface area contributed by atoms with Crippen LogP contribution in [0.1, 0.15) is 22.8 Å². The van der Waals surface area contributed by atoms with Crippen molar-refractivity contribution in [3.05, 3.63) is 102 Å². The molecule has 0 aliphatic rings. The van der Waals surface area contributed by atoms with Crippen LogP contribution < -0.4 is 5.48 Å². The van der Waals surface area contributed by atoms with Gasteiger partial charge in [0.1, 0.15) is 0 Å². The van der Waals surface area contributed by atoms with Gasteiger partial charge in [0.25, 0.3) is 0 Å². The summed E-state index contributed by atoms with van der Waals surface area (Å²) >= 11 is 0. The summed E-state index contributed by atoms with van der Waals surface area (Å²) in [6.45, 7) is 0.202. The topological polar surface area (TPSA) is 72.5 Å². The molecule has 0 saturated heterocycles. The number of benzene rings is 3. The molecule has 3 rings (SSSR count). The lowest BCUT2D eigenvalue weighted by Crippen LogP contribution is -2.27. The molecule has 144 valence electrons. The molecule has 1 unspecified atom stereocenters. The summed E-state index contributed by atoms with van der Waals surface area (Å²) in [5.41, 5.74) is 3.81. The molecular formula is C22H21NO4S. The fraction of sp³-hybridized carbons (Fsp3) is 0.136. The van der Waals surface area contributed by atoms with Gasteiger partial charge in [-0.2, -0.15) is 0 Å². The Morgan fingerprint density at radius 1 is 0.821 bits per heavy atom. The van der Waals surface area contributed by atoms with Gasteiger partial charge in [0.05, 0.1) is 16.8 Å². The van der Waals surface area contributed by atoms with Crippen molar-refractivity contribution in [2.45, 2.75) is 23.2 Å². The molecule has 3 aromatic carbocycles. The summed E-state index contributed by atoms with van der Waals surface area (Å²) in [6, 6.07) is 26.3.